The lowest BCUT2D eigenvalue weighted by Gasteiger charge is -2.06. The van der Waals surface area contributed by atoms with E-state index in [-0.39, 0.29) is 5.91 Å². The van der Waals surface area contributed by atoms with E-state index in [9.17, 15) is 4.79 Å². The van der Waals surface area contributed by atoms with Crippen molar-refractivity contribution in [3.8, 4) is 5.75 Å². The number of benzene rings is 3. The molecule has 0 fully saturated rings. The third-order valence-corrected chi connectivity index (χ3v) is 5.28. The Bertz CT molecular complexity index is 975. The summed E-state index contributed by atoms with van der Waals surface area (Å²) in [5, 5.41) is 6.33. The maximum absolute atomic E-state index is 12.3. The van der Waals surface area contributed by atoms with Gasteiger partial charge in [-0.2, -0.15) is 5.10 Å². The molecule has 0 radical (unpaired) electrons. The molecular formula is C27H32N2O2. The van der Waals surface area contributed by atoms with Gasteiger partial charge >= 0.3 is 0 Å². The fourth-order valence-electron chi connectivity index (χ4n) is 3.56. The van der Waals surface area contributed by atoms with E-state index in [0.29, 0.717) is 6.42 Å². The number of unbranched alkanes of at least 4 members (excludes halogenated alkanes) is 5. The van der Waals surface area contributed by atoms with Crippen molar-refractivity contribution in [2.24, 2.45) is 5.10 Å². The first kappa shape index (κ1) is 22.5. The summed E-state index contributed by atoms with van der Waals surface area (Å²) >= 11 is 0. The Morgan fingerprint density at radius 1 is 0.903 bits per heavy atom. The summed E-state index contributed by atoms with van der Waals surface area (Å²) in [5.41, 5.74) is 4.53. The first-order valence-corrected chi connectivity index (χ1v) is 11.3. The molecule has 0 saturated carbocycles. The molecule has 0 spiro atoms. The van der Waals surface area contributed by atoms with Gasteiger partial charge in [-0.15, -0.1) is 0 Å². The maximum atomic E-state index is 12.3. The van der Waals surface area contributed by atoms with Crippen molar-refractivity contribution in [2.75, 3.05) is 6.61 Å². The number of hydrogen-bond donors (Lipinski definition) is 1. The van der Waals surface area contributed by atoms with E-state index >= 15 is 0 Å². The first-order chi connectivity index (χ1) is 15.3. The normalized spacial score (nSPS) is 11.1. The molecule has 4 heteroatoms. The predicted molar refractivity (Wildman–Crippen MR) is 129 cm³/mol. The molecule has 0 saturated heterocycles. The number of rotatable bonds is 12. The van der Waals surface area contributed by atoms with Crippen LogP contribution in [0.25, 0.3) is 10.8 Å². The second-order valence-electron chi connectivity index (χ2n) is 7.79. The van der Waals surface area contributed by atoms with E-state index in [4.69, 9.17) is 4.74 Å². The Labute approximate surface area is 185 Å². The van der Waals surface area contributed by atoms with Crippen LogP contribution in [-0.4, -0.2) is 18.7 Å². The van der Waals surface area contributed by atoms with E-state index in [2.05, 4.69) is 29.6 Å². The smallest absolute Gasteiger partial charge is 0.244 e. The van der Waals surface area contributed by atoms with Crippen molar-refractivity contribution in [2.45, 2.75) is 51.9 Å². The summed E-state index contributed by atoms with van der Waals surface area (Å²) in [6, 6.07) is 21.9. The average Bonchev–Trinajstić information content (AvgIpc) is 2.80. The van der Waals surface area contributed by atoms with Crippen LogP contribution in [0.1, 0.15) is 56.6 Å². The molecule has 4 nitrogen and oxygen atoms in total. The fraction of sp³-hybridized carbons (Fsp3) is 0.333. The fourth-order valence-corrected chi connectivity index (χ4v) is 3.56. The van der Waals surface area contributed by atoms with E-state index in [0.717, 1.165) is 40.7 Å². The van der Waals surface area contributed by atoms with Crippen molar-refractivity contribution < 1.29 is 9.53 Å². The first-order valence-electron chi connectivity index (χ1n) is 11.3. The third-order valence-electron chi connectivity index (χ3n) is 5.28. The van der Waals surface area contributed by atoms with Crippen molar-refractivity contribution >= 4 is 22.9 Å². The topological polar surface area (TPSA) is 50.7 Å². The van der Waals surface area contributed by atoms with E-state index < -0.39 is 0 Å². The monoisotopic (exact) mass is 416 g/mol. The molecule has 1 N–H and O–H groups in total. The molecule has 0 heterocycles. The van der Waals surface area contributed by atoms with Crippen molar-refractivity contribution in [1.29, 1.82) is 0 Å². The standard InChI is InChI=1S/C27H32N2O2/c1-2-3-4-5-6-9-19-31-25-17-15-22(16-18-25)21-28-29-27(30)20-24-13-10-12-23-11-7-8-14-26(23)24/h7-8,10-18,21H,2-6,9,19-20H2,1H3,(H,29,30). The lowest BCUT2D eigenvalue weighted by molar-refractivity contribution is -0.120. The summed E-state index contributed by atoms with van der Waals surface area (Å²) in [6.07, 6.45) is 9.48. The quantitative estimate of drug-likeness (QED) is 0.215. The number of fused-ring (bicyclic) bond motifs is 1. The zero-order chi connectivity index (χ0) is 21.7. The number of carbonyl (C=O) groups excluding carboxylic acids is 1. The minimum atomic E-state index is -0.133. The summed E-state index contributed by atoms with van der Waals surface area (Å²) in [4.78, 5) is 12.3. The molecule has 0 aliphatic carbocycles. The van der Waals surface area contributed by atoms with Gasteiger partial charge in [0, 0.05) is 0 Å². The molecule has 3 aromatic carbocycles. The molecule has 0 bridgehead atoms. The minimum Gasteiger partial charge on any atom is -0.494 e. The van der Waals surface area contributed by atoms with E-state index in [1.807, 2.05) is 54.6 Å². The summed E-state index contributed by atoms with van der Waals surface area (Å²) in [5.74, 6) is 0.734. The Kier molecular flexibility index (Phi) is 9.11. The number of ether oxygens (including phenoxy) is 1. The van der Waals surface area contributed by atoms with Gasteiger partial charge in [-0.05, 0) is 52.6 Å². The maximum Gasteiger partial charge on any atom is 0.244 e. The molecule has 31 heavy (non-hydrogen) atoms. The SMILES string of the molecule is CCCCCCCCOc1ccc(C=NNC(=O)Cc2cccc3ccccc23)cc1. The second kappa shape index (κ2) is 12.5. The Balaban J connectivity index is 1.40. The van der Waals surface area contributed by atoms with Crippen molar-refractivity contribution in [1.82, 2.24) is 5.43 Å². The van der Waals surface area contributed by atoms with Gasteiger partial charge in [-0.1, -0.05) is 81.5 Å². The van der Waals surface area contributed by atoms with Crippen LogP contribution in [0.15, 0.2) is 71.8 Å². The van der Waals surface area contributed by atoms with Crippen LogP contribution in [0.2, 0.25) is 0 Å². The lowest BCUT2D eigenvalue weighted by Crippen LogP contribution is -2.19. The van der Waals surface area contributed by atoms with Crippen LogP contribution in [-0.2, 0) is 11.2 Å². The number of nitrogens with one attached hydrogen (secondary N) is 1. The van der Waals surface area contributed by atoms with Crippen LogP contribution in [0, 0.1) is 0 Å². The van der Waals surface area contributed by atoms with Gasteiger partial charge in [0.05, 0.1) is 19.2 Å². The highest BCUT2D eigenvalue weighted by atomic mass is 16.5. The van der Waals surface area contributed by atoms with Gasteiger partial charge in [0.15, 0.2) is 0 Å². The molecule has 1 amide bonds. The largest absolute Gasteiger partial charge is 0.494 e. The highest BCUT2D eigenvalue weighted by Gasteiger charge is 2.06. The predicted octanol–water partition coefficient (Wildman–Crippen LogP) is 6.27. The number of hydrazone groups is 1. The van der Waals surface area contributed by atoms with Gasteiger partial charge in [0.1, 0.15) is 5.75 Å². The molecule has 0 aliphatic rings. The molecular weight excluding hydrogens is 384 g/mol. The zero-order valence-corrected chi connectivity index (χ0v) is 18.3. The van der Waals surface area contributed by atoms with Crippen LogP contribution in [0.3, 0.4) is 0 Å². The molecule has 3 rings (SSSR count). The molecule has 0 aromatic heterocycles. The van der Waals surface area contributed by atoms with Gasteiger partial charge < -0.3 is 4.74 Å². The lowest BCUT2D eigenvalue weighted by atomic mass is 10.0. The number of hydrogen-bond acceptors (Lipinski definition) is 3. The molecule has 0 atom stereocenters. The van der Waals surface area contributed by atoms with Gasteiger partial charge in [-0.3, -0.25) is 4.79 Å². The zero-order valence-electron chi connectivity index (χ0n) is 18.3. The van der Waals surface area contributed by atoms with Crippen molar-refractivity contribution in [3.05, 3.63) is 77.9 Å². The van der Waals surface area contributed by atoms with Crippen LogP contribution < -0.4 is 10.2 Å². The second-order valence-corrected chi connectivity index (χ2v) is 7.79. The van der Waals surface area contributed by atoms with Gasteiger partial charge in [0.25, 0.3) is 0 Å². The number of carbonyl (C=O) groups is 1. The summed E-state index contributed by atoms with van der Waals surface area (Å²) < 4.78 is 5.80. The Morgan fingerprint density at radius 2 is 1.65 bits per heavy atom. The summed E-state index contributed by atoms with van der Waals surface area (Å²) in [6.45, 7) is 2.99. The van der Waals surface area contributed by atoms with Gasteiger partial charge in [0.2, 0.25) is 5.91 Å². The van der Waals surface area contributed by atoms with E-state index in [1.54, 1.807) is 6.21 Å². The van der Waals surface area contributed by atoms with Crippen LogP contribution in [0.5, 0.6) is 5.75 Å². The molecule has 0 aliphatic heterocycles. The minimum absolute atomic E-state index is 0.133. The Morgan fingerprint density at radius 3 is 2.48 bits per heavy atom. The molecule has 162 valence electrons. The van der Waals surface area contributed by atoms with Crippen molar-refractivity contribution in [3.63, 3.8) is 0 Å². The number of amides is 1. The summed E-state index contributed by atoms with van der Waals surface area (Å²) in [7, 11) is 0. The van der Waals surface area contributed by atoms with Gasteiger partial charge in [-0.25, -0.2) is 5.43 Å². The average molecular weight is 417 g/mol. The van der Waals surface area contributed by atoms with Crippen LogP contribution >= 0.6 is 0 Å². The molecule has 3 aromatic rings. The highest BCUT2D eigenvalue weighted by Crippen LogP contribution is 2.19. The molecule has 0 unspecified atom stereocenters. The van der Waals surface area contributed by atoms with E-state index in [1.165, 1.54) is 32.1 Å². The van der Waals surface area contributed by atoms with Crippen LogP contribution in [0.4, 0.5) is 0 Å². The third kappa shape index (κ3) is 7.56. The number of nitrogens with zero attached hydrogens (tertiary/aromatic N) is 1. The Hall–Kier alpha value is -3.14. The highest BCUT2D eigenvalue weighted by molar-refractivity contribution is 5.90.